The van der Waals surface area contributed by atoms with Crippen LogP contribution in [0.25, 0.3) is 10.9 Å². The molecule has 3 amide bonds. The van der Waals surface area contributed by atoms with E-state index in [1.807, 2.05) is 47.8 Å². The van der Waals surface area contributed by atoms with Crippen LogP contribution in [0.1, 0.15) is 11.3 Å². The van der Waals surface area contributed by atoms with Crippen molar-refractivity contribution in [1.29, 1.82) is 0 Å². The normalized spacial score (nSPS) is 12.7. The molecule has 2 heterocycles. The number of anilines is 1. The number of nitrogens with one attached hydrogen (secondary N) is 2. The molecule has 0 bridgehead atoms. The van der Waals surface area contributed by atoms with Gasteiger partial charge in [-0.1, -0.05) is 24.3 Å². The van der Waals surface area contributed by atoms with Crippen molar-refractivity contribution in [2.75, 3.05) is 31.5 Å². The fraction of sp³-hybridized carbons (Fsp3) is 0.333. The first-order valence-corrected chi connectivity index (χ1v) is 12.2. The maximum Gasteiger partial charge on any atom is 0.247 e. The van der Waals surface area contributed by atoms with E-state index in [9.17, 15) is 14.4 Å². The second-order valence-electron chi connectivity index (χ2n) is 8.02. The number of carbonyl (C=O) groups is 3. The van der Waals surface area contributed by atoms with Crippen LogP contribution in [-0.4, -0.2) is 65.9 Å². The first-order valence-electron chi connectivity index (χ1n) is 11.3. The third-order valence-corrected chi connectivity index (χ3v) is 6.26. The summed E-state index contributed by atoms with van der Waals surface area (Å²) in [4.78, 5) is 45.3. The quantitative estimate of drug-likeness (QED) is 0.241. The van der Waals surface area contributed by atoms with Crippen LogP contribution < -0.4 is 27.8 Å². The van der Waals surface area contributed by atoms with Crippen LogP contribution >= 0.6 is 11.3 Å². The summed E-state index contributed by atoms with van der Waals surface area (Å²) in [5.41, 5.74) is 18.4. The van der Waals surface area contributed by atoms with Gasteiger partial charge in [-0.25, -0.2) is 0 Å². The minimum atomic E-state index is -1.12. The van der Waals surface area contributed by atoms with Crippen molar-refractivity contribution >= 4 is 45.6 Å². The number of hydrogen-bond acceptors (Lipinski definition) is 8. The number of carbonyl (C=O) groups excluding carboxylic acids is 3. The van der Waals surface area contributed by atoms with Crippen molar-refractivity contribution in [1.82, 2.24) is 15.2 Å². The number of fused-ring (bicyclic) bond motifs is 1. The number of hydrogen-bond donors (Lipinski definition) is 5. The van der Waals surface area contributed by atoms with Gasteiger partial charge < -0.3 is 32.7 Å². The third kappa shape index (κ3) is 7.55. The molecule has 0 unspecified atom stereocenters. The Labute approximate surface area is 207 Å². The largest absolute Gasteiger partial charge is 0.343 e. The second-order valence-corrected chi connectivity index (χ2v) is 9.05. The maximum atomic E-state index is 13.1. The van der Waals surface area contributed by atoms with E-state index in [0.29, 0.717) is 18.8 Å². The number of pyridine rings is 1. The second kappa shape index (κ2) is 12.9. The molecule has 2 aromatic heterocycles. The minimum Gasteiger partial charge on any atom is -0.343 e. The van der Waals surface area contributed by atoms with Crippen LogP contribution in [0.4, 0.5) is 5.69 Å². The van der Waals surface area contributed by atoms with Crippen molar-refractivity contribution in [3.05, 3.63) is 58.9 Å². The topological polar surface area (TPSA) is 169 Å². The lowest BCUT2D eigenvalue weighted by molar-refractivity contribution is -0.134. The van der Waals surface area contributed by atoms with E-state index in [1.54, 1.807) is 6.20 Å². The van der Waals surface area contributed by atoms with Gasteiger partial charge in [-0.3, -0.25) is 19.4 Å². The lowest BCUT2D eigenvalue weighted by atomic mass is 10.1. The number of nitrogens with two attached hydrogens (primary N) is 3. The molecular weight excluding hydrogens is 466 g/mol. The zero-order valence-electron chi connectivity index (χ0n) is 19.4. The van der Waals surface area contributed by atoms with E-state index < -0.39 is 23.9 Å². The van der Waals surface area contributed by atoms with Gasteiger partial charge in [-0.2, -0.15) is 0 Å². The summed E-state index contributed by atoms with van der Waals surface area (Å²) in [5, 5.41) is 8.31. The maximum absolute atomic E-state index is 13.1. The van der Waals surface area contributed by atoms with Crippen molar-refractivity contribution < 1.29 is 14.4 Å². The molecule has 3 rings (SSSR count). The van der Waals surface area contributed by atoms with Gasteiger partial charge in [0.15, 0.2) is 0 Å². The standard InChI is InChI=1S/C24H31N7O3S/c25-7-9-31(10-8-26)22(32)14-19(27)23(33)30-21(13-18-5-3-11-35-18)24(34)29-17-12-16-4-1-2-6-20(16)28-15-17/h1-6,11-12,15,19,21H,7-10,13-14,25-27H2,(H,29,34)(H,30,33)/t19-,21-/m0/s1. The molecule has 0 spiro atoms. The number of para-hydroxylation sites is 1. The Morgan fingerprint density at radius 1 is 1.03 bits per heavy atom. The van der Waals surface area contributed by atoms with Gasteiger partial charge in [-0.05, 0) is 23.6 Å². The van der Waals surface area contributed by atoms with E-state index in [0.717, 1.165) is 15.8 Å². The van der Waals surface area contributed by atoms with Crippen molar-refractivity contribution in [3.8, 4) is 0 Å². The van der Waals surface area contributed by atoms with E-state index in [1.165, 1.54) is 16.2 Å². The predicted molar refractivity (Wildman–Crippen MR) is 138 cm³/mol. The highest BCUT2D eigenvalue weighted by Crippen LogP contribution is 2.17. The smallest absolute Gasteiger partial charge is 0.247 e. The third-order valence-electron chi connectivity index (χ3n) is 5.36. The number of nitrogens with zero attached hydrogens (tertiary/aromatic N) is 2. The molecule has 2 atom stereocenters. The van der Waals surface area contributed by atoms with E-state index in [4.69, 9.17) is 17.2 Å². The van der Waals surface area contributed by atoms with Crippen molar-refractivity contribution in [2.24, 2.45) is 17.2 Å². The number of rotatable bonds is 12. The van der Waals surface area contributed by atoms with Crippen molar-refractivity contribution in [2.45, 2.75) is 24.9 Å². The fourth-order valence-electron chi connectivity index (χ4n) is 3.57. The van der Waals surface area contributed by atoms with Gasteiger partial charge in [0.2, 0.25) is 17.7 Å². The van der Waals surface area contributed by atoms with Crippen LogP contribution in [0.2, 0.25) is 0 Å². The average molecular weight is 498 g/mol. The number of amides is 3. The molecule has 0 saturated carbocycles. The Morgan fingerprint density at radius 3 is 2.46 bits per heavy atom. The zero-order valence-corrected chi connectivity index (χ0v) is 20.2. The Bertz CT molecular complexity index is 1130. The molecule has 0 radical (unpaired) electrons. The van der Waals surface area contributed by atoms with Gasteiger partial charge in [0, 0.05) is 42.9 Å². The monoisotopic (exact) mass is 497 g/mol. The highest BCUT2D eigenvalue weighted by molar-refractivity contribution is 7.09. The van der Waals surface area contributed by atoms with E-state index in [2.05, 4.69) is 15.6 Å². The molecule has 8 N–H and O–H groups in total. The molecule has 0 aliphatic heterocycles. The summed E-state index contributed by atoms with van der Waals surface area (Å²) in [5.74, 6) is -1.31. The molecule has 0 aliphatic rings. The SMILES string of the molecule is NCCN(CCN)C(=O)C[C@H](N)C(=O)N[C@@H](Cc1cccs1)C(=O)Nc1cnc2ccccc2c1. The molecule has 0 fully saturated rings. The first-order chi connectivity index (χ1) is 16.9. The lowest BCUT2D eigenvalue weighted by Gasteiger charge is -2.24. The summed E-state index contributed by atoms with van der Waals surface area (Å²) in [6, 6.07) is 11.1. The first kappa shape index (κ1) is 26.2. The van der Waals surface area contributed by atoms with Crippen LogP contribution in [0.15, 0.2) is 54.0 Å². The van der Waals surface area contributed by atoms with Crippen molar-refractivity contribution in [3.63, 3.8) is 0 Å². The number of aromatic nitrogens is 1. The molecule has 10 nitrogen and oxygen atoms in total. The summed E-state index contributed by atoms with van der Waals surface area (Å²) >= 11 is 1.48. The van der Waals surface area contributed by atoms with Crippen LogP contribution in [0.5, 0.6) is 0 Å². The van der Waals surface area contributed by atoms with Gasteiger partial charge in [0.05, 0.1) is 29.9 Å². The van der Waals surface area contributed by atoms with E-state index >= 15 is 0 Å². The Balaban J connectivity index is 1.69. The predicted octanol–water partition coefficient (Wildman–Crippen LogP) is 0.426. The summed E-state index contributed by atoms with van der Waals surface area (Å²) in [6.45, 7) is 1.21. The summed E-state index contributed by atoms with van der Waals surface area (Å²) in [7, 11) is 0. The highest BCUT2D eigenvalue weighted by Gasteiger charge is 2.27. The summed E-state index contributed by atoms with van der Waals surface area (Å²) in [6.07, 6.45) is 1.63. The van der Waals surface area contributed by atoms with Gasteiger partial charge in [-0.15, -0.1) is 11.3 Å². The molecular formula is C24H31N7O3S. The van der Waals surface area contributed by atoms with Gasteiger partial charge in [0.25, 0.3) is 0 Å². The van der Waals surface area contributed by atoms with Crippen LogP contribution in [-0.2, 0) is 20.8 Å². The molecule has 3 aromatic rings. The number of thiophene rings is 1. The molecule has 35 heavy (non-hydrogen) atoms. The zero-order chi connectivity index (χ0) is 25.2. The average Bonchev–Trinajstić information content (AvgIpc) is 3.36. The summed E-state index contributed by atoms with van der Waals surface area (Å²) < 4.78 is 0. The van der Waals surface area contributed by atoms with Crippen LogP contribution in [0.3, 0.4) is 0 Å². The Kier molecular flexibility index (Phi) is 9.67. The lowest BCUT2D eigenvalue weighted by Crippen LogP contribution is -2.52. The fourth-order valence-corrected chi connectivity index (χ4v) is 4.32. The molecule has 1 aromatic carbocycles. The minimum absolute atomic E-state index is 0.215. The molecule has 11 heteroatoms. The highest BCUT2D eigenvalue weighted by atomic mass is 32.1. The Morgan fingerprint density at radius 2 is 1.77 bits per heavy atom. The molecule has 0 saturated heterocycles. The van der Waals surface area contributed by atoms with E-state index in [-0.39, 0.29) is 31.8 Å². The Hall–Kier alpha value is -3.38. The number of benzene rings is 1. The molecule has 186 valence electrons. The van der Waals surface area contributed by atoms with Crippen LogP contribution in [0, 0.1) is 0 Å². The van der Waals surface area contributed by atoms with Gasteiger partial charge >= 0.3 is 0 Å². The molecule has 0 aliphatic carbocycles. The van der Waals surface area contributed by atoms with Gasteiger partial charge in [0.1, 0.15) is 6.04 Å².